The van der Waals surface area contributed by atoms with Crippen LogP contribution in [-0.4, -0.2) is 15.4 Å². The average molecular weight is 110 g/mol. The van der Waals surface area contributed by atoms with Gasteiger partial charge in [0.05, 0.1) is 11.9 Å². The fourth-order valence-electron chi connectivity index (χ4n) is 0.531. The molecule has 0 atom stereocenters. The van der Waals surface area contributed by atoms with E-state index in [1.165, 1.54) is 0 Å². The van der Waals surface area contributed by atoms with Crippen molar-refractivity contribution in [3.8, 4) is 0 Å². The molecule has 0 saturated carbocycles. The van der Waals surface area contributed by atoms with E-state index in [0.717, 1.165) is 18.5 Å². The van der Waals surface area contributed by atoms with Crippen molar-refractivity contribution in [1.29, 1.82) is 0 Å². The summed E-state index contributed by atoms with van der Waals surface area (Å²) in [6.07, 6.45) is 3.54. The van der Waals surface area contributed by atoms with E-state index < -0.39 is 0 Å². The maximum absolute atomic E-state index is 3.68. The molecule has 0 amide bonds. The van der Waals surface area contributed by atoms with E-state index in [0.29, 0.717) is 0 Å². The molecule has 0 aliphatic rings. The number of nitrogens with one attached hydrogen (secondary N) is 1. The van der Waals surface area contributed by atoms with Gasteiger partial charge in [-0.05, 0) is 12.8 Å². The molecule has 8 heavy (non-hydrogen) atoms. The number of aromatic amines is 1. The molecular formula is C5H8N3. The number of H-pyrrole nitrogens is 1. The zero-order valence-electron chi connectivity index (χ0n) is 4.59. The lowest BCUT2D eigenvalue weighted by molar-refractivity contribution is 0.883. The van der Waals surface area contributed by atoms with E-state index in [2.05, 4.69) is 22.3 Å². The molecule has 0 unspecified atom stereocenters. The summed E-state index contributed by atoms with van der Waals surface area (Å²) in [6, 6.07) is 0. The van der Waals surface area contributed by atoms with Crippen molar-refractivity contribution in [2.75, 3.05) is 0 Å². The molecule has 1 N–H and O–H groups in total. The highest BCUT2D eigenvalue weighted by atomic mass is 15.3. The molecule has 0 saturated heterocycles. The van der Waals surface area contributed by atoms with Crippen LogP contribution in [0.4, 0.5) is 0 Å². The molecule has 43 valence electrons. The highest BCUT2D eigenvalue weighted by Crippen LogP contribution is 1.91. The standard InChI is InChI=1S/C5H8N3/c1-2-3-5-4-6-8-7-5/h4H,1-3H2,(H,6,7,8). The number of hydrogen-bond acceptors (Lipinski definition) is 2. The van der Waals surface area contributed by atoms with Crippen molar-refractivity contribution >= 4 is 0 Å². The van der Waals surface area contributed by atoms with Crippen LogP contribution in [0.2, 0.25) is 0 Å². The van der Waals surface area contributed by atoms with Gasteiger partial charge >= 0.3 is 0 Å². The molecule has 3 heteroatoms. The van der Waals surface area contributed by atoms with E-state index in [1.54, 1.807) is 6.20 Å². The van der Waals surface area contributed by atoms with Crippen LogP contribution in [0.1, 0.15) is 12.1 Å². The van der Waals surface area contributed by atoms with Crippen LogP contribution in [0.5, 0.6) is 0 Å². The molecule has 0 aromatic carbocycles. The van der Waals surface area contributed by atoms with Crippen LogP contribution in [0.3, 0.4) is 0 Å². The van der Waals surface area contributed by atoms with Crippen molar-refractivity contribution < 1.29 is 0 Å². The number of aryl methyl sites for hydroxylation is 1. The third-order valence-corrected chi connectivity index (χ3v) is 0.911. The van der Waals surface area contributed by atoms with Gasteiger partial charge in [-0.1, -0.05) is 12.1 Å². The molecule has 1 heterocycles. The smallest absolute Gasteiger partial charge is 0.0722 e. The van der Waals surface area contributed by atoms with Gasteiger partial charge < -0.3 is 0 Å². The number of hydrogen-bond donors (Lipinski definition) is 1. The first-order valence-corrected chi connectivity index (χ1v) is 2.57. The Morgan fingerprint density at radius 3 is 3.12 bits per heavy atom. The monoisotopic (exact) mass is 110 g/mol. The van der Waals surface area contributed by atoms with Crippen molar-refractivity contribution in [1.82, 2.24) is 15.4 Å². The van der Waals surface area contributed by atoms with Gasteiger partial charge in [-0.25, -0.2) is 0 Å². The van der Waals surface area contributed by atoms with Gasteiger partial charge in [0.25, 0.3) is 0 Å². The lowest BCUT2D eigenvalue weighted by Crippen LogP contribution is -1.80. The molecule has 0 aliphatic carbocycles. The van der Waals surface area contributed by atoms with Gasteiger partial charge in [-0.15, -0.1) is 5.10 Å². The summed E-state index contributed by atoms with van der Waals surface area (Å²) < 4.78 is 0. The Morgan fingerprint density at radius 1 is 1.75 bits per heavy atom. The third kappa shape index (κ3) is 1.05. The van der Waals surface area contributed by atoms with Crippen LogP contribution < -0.4 is 0 Å². The maximum Gasteiger partial charge on any atom is 0.0722 e. The minimum atomic E-state index is 0.893. The highest BCUT2D eigenvalue weighted by Gasteiger charge is 1.88. The van der Waals surface area contributed by atoms with E-state index in [9.17, 15) is 0 Å². The normalized spacial score (nSPS) is 9.62. The minimum absolute atomic E-state index is 0.893. The van der Waals surface area contributed by atoms with Gasteiger partial charge in [-0.2, -0.15) is 0 Å². The van der Waals surface area contributed by atoms with E-state index in [1.807, 2.05) is 0 Å². The number of aromatic nitrogens is 3. The Labute approximate surface area is 48.1 Å². The first-order chi connectivity index (χ1) is 3.93. The van der Waals surface area contributed by atoms with Crippen molar-refractivity contribution in [2.24, 2.45) is 0 Å². The molecule has 3 nitrogen and oxygen atoms in total. The summed E-state index contributed by atoms with van der Waals surface area (Å²) in [5.41, 5.74) is 1.06. The Hall–Kier alpha value is -0.860. The second kappa shape index (κ2) is 2.45. The Balaban J connectivity index is 2.50. The predicted octanol–water partition coefficient (Wildman–Crippen LogP) is 0.571. The quantitative estimate of drug-likeness (QED) is 0.604. The number of rotatable bonds is 2. The zero-order valence-corrected chi connectivity index (χ0v) is 4.59. The van der Waals surface area contributed by atoms with Crippen molar-refractivity contribution in [3.05, 3.63) is 18.8 Å². The summed E-state index contributed by atoms with van der Waals surface area (Å²) >= 11 is 0. The summed E-state index contributed by atoms with van der Waals surface area (Å²) in [7, 11) is 0. The first kappa shape index (κ1) is 5.28. The molecule has 1 rings (SSSR count). The second-order valence-electron chi connectivity index (χ2n) is 1.59. The zero-order chi connectivity index (χ0) is 5.82. The van der Waals surface area contributed by atoms with Gasteiger partial charge in [0.1, 0.15) is 0 Å². The Bertz CT molecular complexity index is 133. The molecule has 1 radical (unpaired) electrons. The number of nitrogens with zero attached hydrogens (tertiary/aromatic N) is 2. The lowest BCUT2D eigenvalue weighted by Gasteiger charge is -1.84. The van der Waals surface area contributed by atoms with Crippen LogP contribution in [0, 0.1) is 6.92 Å². The minimum Gasteiger partial charge on any atom is -0.262 e. The topological polar surface area (TPSA) is 41.6 Å². The molecule has 1 aromatic heterocycles. The molecule has 0 bridgehead atoms. The fraction of sp³-hybridized carbons (Fsp3) is 0.400. The van der Waals surface area contributed by atoms with Crippen molar-refractivity contribution in [2.45, 2.75) is 12.8 Å². The largest absolute Gasteiger partial charge is 0.262 e. The van der Waals surface area contributed by atoms with E-state index >= 15 is 0 Å². The van der Waals surface area contributed by atoms with Crippen LogP contribution in [-0.2, 0) is 6.42 Å². The van der Waals surface area contributed by atoms with E-state index in [-0.39, 0.29) is 0 Å². The SMILES string of the molecule is [CH2]CCc1cnn[nH]1. The Kier molecular flexibility index (Phi) is 1.62. The molecule has 0 spiro atoms. The van der Waals surface area contributed by atoms with Crippen LogP contribution in [0.25, 0.3) is 0 Å². The van der Waals surface area contributed by atoms with Gasteiger partial charge in [0, 0.05) is 0 Å². The second-order valence-corrected chi connectivity index (χ2v) is 1.59. The maximum atomic E-state index is 3.68. The fourth-order valence-corrected chi connectivity index (χ4v) is 0.531. The van der Waals surface area contributed by atoms with Gasteiger partial charge in [0.2, 0.25) is 0 Å². The summed E-state index contributed by atoms with van der Waals surface area (Å²) in [6.45, 7) is 3.68. The summed E-state index contributed by atoms with van der Waals surface area (Å²) in [5.74, 6) is 0. The third-order valence-electron chi connectivity index (χ3n) is 0.911. The molecule has 0 aliphatic heterocycles. The van der Waals surface area contributed by atoms with Crippen LogP contribution >= 0.6 is 0 Å². The average Bonchev–Trinajstić information content (AvgIpc) is 2.19. The van der Waals surface area contributed by atoms with Crippen molar-refractivity contribution in [3.63, 3.8) is 0 Å². The van der Waals surface area contributed by atoms with Crippen LogP contribution in [0.15, 0.2) is 6.20 Å². The summed E-state index contributed by atoms with van der Waals surface area (Å²) in [5, 5.41) is 9.88. The predicted molar refractivity (Wildman–Crippen MR) is 30.1 cm³/mol. The van der Waals surface area contributed by atoms with E-state index in [4.69, 9.17) is 0 Å². The molecular weight excluding hydrogens is 102 g/mol. The first-order valence-electron chi connectivity index (χ1n) is 2.57. The molecule has 0 fully saturated rings. The highest BCUT2D eigenvalue weighted by molar-refractivity contribution is 4.89. The lowest BCUT2D eigenvalue weighted by atomic mass is 10.3. The molecule has 1 aromatic rings. The van der Waals surface area contributed by atoms with Gasteiger partial charge in [-0.3, -0.25) is 5.10 Å². The summed E-state index contributed by atoms with van der Waals surface area (Å²) in [4.78, 5) is 0. The van der Waals surface area contributed by atoms with Gasteiger partial charge in [0.15, 0.2) is 0 Å². The Morgan fingerprint density at radius 2 is 2.62 bits per heavy atom.